The summed E-state index contributed by atoms with van der Waals surface area (Å²) in [6.07, 6.45) is 2.96. The van der Waals surface area contributed by atoms with Gasteiger partial charge in [0.1, 0.15) is 0 Å². The fraction of sp³-hybridized carbons (Fsp3) is 1.00. The Bertz CT molecular complexity index is 193. The van der Waals surface area contributed by atoms with E-state index in [2.05, 4.69) is 19.2 Å². The molecule has 0 aromatic rings. The van der Waals surface area contributed by atoms with Crippen LogP contribution in [0.5, 0.6) is 0 Å². The molecule has 0 radical (unpaired) electrons. The van der Waals surface area contributed by atoms with Gasteiger partial charge in [0.05, 0.1) is 0 Å². The maximum absolute atomic E-state index is 11.9. The first-order valence-electron chi connectivity index (χ1n) is 5.92. The van der Waals surface area contributed by atoms with Crippen LogP contribution in [0.1, 0.15) is 33.1 Å². The van der Waals surface area contributed by atoms with Gasteiger partial charge in [-0.2, -0.15) is 0 Å². The van der Waals surface area contributed by atoms with Gasteiger partial charge in [-0.15, -0.1) is 0 Å². The van der Waals surface area contributed by atoms with E-state index in [9.17, 15) is 4.21 Å². The summed E-state index contributed by atoms with van der Waals surface area (Å²) in [5.41, 5.74) is 0. The van der Waals surface area contributed by atoms with E-state index in [1.165, 1.54) is 0 Å². The molecule has 1 aliphatic rings. The first-order valence-corrected chi connectivity index (χ1v) is 7.30. The van der Waals surface area contributed by atoms with Crippen molar-refractivity contribution in [2.75, 3.05) is 25.5 Å². The van der Waals surface area contributed by atoms with Gasteiger partial charge in [-0.05, 0) is 32.7 Å². The molecule has 1 saturated heterocycles. The van der Waals surface area contributed by atoms with E-state index in [1.54, 1.807) is 0 Å². The highest BCUT2D eigenvalue weighted by Gasteiger charge is 2.20. The van der Waals surface area contributed by atoms with Crippen molar-refractivity contribution in [3.63, 3.8) is 0 Å². The first kappa shape index (κ1) is 13.1. The maximum atomic E-state index is 11.9. The van der Waals surface area contributed by atoms with Crippen LogP contribution < -0.4 is 5.32 Å². The molecule has 1 aliphatic heterocycles. The van der Waals surface area contributed by atoms with Crippen LogP contribution in [0.4, 0.5) is 0 Å². The Balaban J connectivity index is 2.16. The lowest BCUT2D eigenvalue weighted by Gasteiger charge is -2.22. The smallest absolute Gasteiger partial charge is 0.0477 e. The van der Waals surface area contributed by atoms with E-state index < -0.39 is 10.8 Å². The molecule has 0 saturated carbocycles. The average Bonchev–Trinajstić information content (AvgIpc) is 2.27. The average molecular weight is 233 g/mol. The molecule has 3 nitrogen and oxygen atoms in total. The number of rotatable bonds is 6. The monoisotopic (exact) mass is 233 g/mol. The van der Waals surface area contributed by atoms with Crippen LogP contribution in [-0.2, 0) is 15.5 Å². The Labute approximate surface area is 95.4 Å². The van der Waals surface area contributed by atoms with E-state index >= 15 is 0 Å². The number of hydrogen-bond acceptors (Lipinski definition) is 3. The van der Waals surface area contributed by atoms with Gasteiger partial charge in [0.15, 0.2) is 0 Å². The Hall–Kier alpha value is 0.0700. The van der Waals surface area contributed by atoms with Gasteiger partial charge in [0, 0.05) is 41.1 Å². The fourth-order valence-electron chi connectivity index (χ4n) is 1.85. The van der Waals surface area contributed by atoms with Crippen molar-refractivity contribution in [3.8, 4) is 0 Å². The van der Waals surface area contributed by atoms with Crippen LogP contribution in [-0.4, -0.2) is 41.0 Å². The highest BCUT2D eigenvalue weighted by Crippen LogP contribution is 2.14. The van der Waals surface area contributed by atoms with Crippen LogP contribution in [0.15, 0.2) is 0 Å². The molecule has 0 aromatic carbocycles. The predicted octanol–water partition coefficient (Wildman–Crippen LogP) is 1.30. The number of ether oxygens (including phenoxy) is 1. The Morgan fingerprint density at radius 3 is 2.73 bits per heavy atom. The van der Waals surface area contributed by atoms with Gasteiger partial charge in [-0.25, -0.2) is 0 Å². The standard InChI is InChI=1S/C11H23NO2S/c1-3-12-10(2)6-9-15(13)11-4-7-14-8-5-11/h10-12H,3-9H2,1-2H3. The molecule has 1 fully saturated rings. The van der Waals surface area contributed by atoms with Crippen molar-refractivity contribution < 1.29 is 8.95 Å². The van der Waals surface area contributed by atoms with Gasteiger partial charge < -0.3 is 10.1 Å². The topological polar surface area (TPSA) is 38.3 Å². The van der Waals surface area contributed by atoms with Gasteiger partial charge >= 0.3 is 0 Å². The zero-order valence-corrected chi connectivity index (χ0v) is 10.6. The summed E-state index contributed by atoms with van der Waals surface area (Å²) in [5.74, 6) is 0.832. The molecule has 15 heavy (non-hydrogen) atoms. The summed E-state index contributed by atoms with van der Waals surface area (Å²) < 4.78 is 17.2. The Morgan fingerprint density at radius 2 is 2.13 bits per heavy atom. The minimum atomic E-state index is -0.651. The predicted molar refractivity (Wildman–Crippen MR) is 64.6 cm³/mol. The SMILES string of the molecule is CCNC(C)CCS(=O)C1CCOCC1. The van der Waals surface area contributed by atoms with Crippen LogP contribution >= 0.6 is 0 Å². The minimum absolute atomic E-state index is 0.382. The third-order valence-corrected chi connectivity index (χ3v) is 4.70. The molecule has 0 aliphatic carbocycles. The van der Waals surface area contributed by atoms with E-state index in [4.69, 9.17) is 4.74 Å². The van der Waals surface area contributed by atoms with Gasteiger partial charge in [0.2, 0.25) is 0 Å². The second kappa shape index (κ2) is 7.36. The zero-order valence-electron chi connectivity index (χ0n) is 9.83. The van der Waals surface area contributed by atoms with Crippen LogP contribution in [0.2, 0.25) is 0 Å². The Kier molecular flexibility index (Phi) is 6.45. The molecule has 2 atom stereocenters. The molecule has 90 valence electrons. The van der Waals surface area contributed by atoms with Crippen molar-refractivity contribution in [1.82, 2.24) is 5.32 Å². The van der Waals surface area contributed by atoms with E-state index in [0.717, 1.165) is 44.8 Å². The largest absolute Gasteiger partial charge is 0.381 e. The molecule has 1 heterocycles. The summed E-state index contributed by atoms with van der Waals surface area (Å²) >= 11 is 0. The summed E-state index contributed by atoms with van der Waals surface area (Å²) in [6.45, 7) is 6.83. The third-order valence-electron chi connectivity index (χ3n) is 2.84. The molecule has 4 heteroatoms. The van der Waals surface area contributed by atoms with Crippen molar-refractivity contribution in [1.29, 1.82) is 0 Å². The van der Waals surface area contributed by atoms with Crippen molar-refractivity contribution in [3.05, 3.63) is 0 Å². The molecule has 0 spiro atoms. The third kappa shape index (κ3) is 5.09. The second-order valence-electron chi connectivity index (χ2n) is 4.14. The molecule has 0 aromatic heterocycles. The molecule has 0 bridgehead atoms. The maximum Gasteiger partial charge on any atom is 0.0477 e. The summed E-state index contributed by atoms with van der Waals surface area (Å²) in [6, 6.07) is 0.485. The quantitative estimate of drug-likeness (QED) is 0.751. The Morgan fingerprint density at radius 1 is 1.47 bits per heavy atom. The van der Waals surface area contributed by atoms with Gasteiger partial charge in [-0.3, -0.25) is 4.21 Å². The lowest BCUT2D eigenvalue weighted by atomic mass is 10.2. The molecule has 1 N–H and O–H groups in total. The highest BCUT2D eigenvalue weighted by molar-refractivity contribution is 7.85. The fourth-order valence-corrected chi connectivity index (χ4v) is 3.49. The van der Waals surface area contributed by atoms with E-state index in [1.807, 2.05) is 0 Å². The zero-order chi connectivity index (χ0) is 11.1. The van der Waals surface area contributed by atoms with Crippen molar-refractivity contribution in [2.45, 2.75) is 44.4 Å². The molecular weight excluding hydrogens is 210 g/mol. The van der Waals surface area contributed by atoms with Crippen molar-refractivity contribution in [2.24, 2.45) is 0 Å². The minimum Gasteiger partial charge on any atom is -0.381 e. The number of hydrogen-bond donors (Lipinski definition) is 1. The van der Waals surface area contributed by atoms with E-state index in [-0.39, 0.29) is 0 Å². The molecule has 2 unspecified atom stereocenters. The second-order valence-corrected chi connectivity index (χ2v) is 5.98. The molecule has 1 rings (SSSR count). The number of nitrogens with one attached hydrogen (secondary N) is 1. The highest BCUT2D eigenvalue weighted by atomic mass is 32.2. The summed E-state index contributed by atoms with van der Waals surface area (Å²) in [4.78, 5) is 0. The van der Waals surface area contributed by atoms with Crippen LogP contribution in [0, 0.1) is 0 Å². The van der Waals surface area contributed by atoms with Gasteiger partial charge in [0.25, 0.3) is 0 Å². The lowest BCUT2D eigenvalue weighted by Crippen LogP contribution is -2.30. The van der Waals surface area contributed by atoms with Gasteiger partial charge in [-0.1, -0.05) is 6.92 Å². The van der Waals surface area contributed by atoms with Crippen LogP contribution in [0.3, 0.4) is 0 Å². The lowest BCUT2D eigenvalue weighted by molar-refractivity contribution is 0.0992. The molecule has 0 amide bonds. The van der Waals surface area contributed by atoms with Crippen molar-refractivity contribution >= 4 is 10.8 Å². The summed E-state index contributed by atoms with van der Waals surface area (Å²) in [5, 5.41) is 3.73. The first-order chi connectivity index (χ1) is 7.24. The summed E-state index contributed by atoms with van der Waals surface area (Å²) in [7, 11) is -0.651. The van der Waals surface area contributed by atoms with E-state index in [0.29, 0.717) is 11.3 Å². The molecular formula is C11H23NO2S. The normalized spacial score (nSPS) is 22.5. The van der Waals surface area contributed by atoms with Crippen LogP contribution in [0.25, 0.3) is 0 Å².